The first-order chi connectivity index (χ1) is 8.38. The van der Waals surface area contributed by atoms with E-state index in [1.165, 1.54) is 12.8 Å². The number of rotatable bonds is 5. The summed E-state index contributed by atoms with van der Waals surface area (Å²) >= 11 is 0. The van der Waals surface area contributed by atoms with Crippen molar-refractivity contribution in [3.8, 4) is 0 Å². The van der Waals surface area contributed by atoms with E-state index in [1.807, 2.05) is 6.07 Å². The van der Waals surface area contributed by atoms with Crippen LogP contribution in [-0.2, 0) is 4.74 Å². The van der Waals surface area contributed by atoms with Crippen molar-refractivity contribution in [2.45, 2.75) is 19.8 Å². The molecule has 0 aromatic carbocycles. The largest absolute Gasteiger partial charge is 0.381 e. The lowest BCUT2D eigenvalue weighted by Gasteiger charge is -2.22. The minimum absolute atomic E-state index is 0.598. The Kier molecular flexibility index (Phi) is 4.55. The van der Waals surface area contributed by atoms with Gasteiger partial charge in [-0.2, -0.15) is 0 Å². The number of hydrogen-bond donors (Lipinski definition) is 2. The van der Waals surface area contributed by atoms with E-state index in [4.69, 9.17) is 4.74 Å². The molecule has 1 saturated heterocycles. The maximum atomic E-state index is 5.45. The maximum absolute atomic E-state index is 5.45. The summed E-state index contributed by atoms with van der Waals surface area (Å²) < 4.78 is 5.45. The van der Waals surface area contributed by atoms with Crippen LogP contribution in [0.2, 0.25) is 0 Å². The number of anilines is 2. The van der Waals surface area contributed by atoms with Crippen LogP contribution < -0.4 is 10.6 Å². The van der Waals surface area contributed by atoms with Crippen molar-refractivity contribution in [3.05, 3.63) is 12.4 Å². The smallest absolute Gasteiger partial charge is 0.131 e. The molecule has 1 fully saturated rings. The molecule has 1 aliphatic rings. The summed E-state index contributed by atoms with van der Waals surface area (Å²) in [6.45, 7) is 5.61. The highest BCUT2D eigenvalue weighted by molar-refractivity contribution is 5.46. The minimum atomic E-state index is 0.598. The van der Waals surface area contributed by atoms with Gasteiger partial charge in [-0.1, -0.05) is 0 Å². The average Bonchev–Trinajstić information content (AvgIpc) is 2.39. The molecule has 5 heteroatoms. The van der Waals surface area contributed by atoms with Crippen molar-refractivity contribution in [2.24, 2.45) is 5.92 Å². The quantitative estimate of drug-likeness (QED) is 0.815. The molecular weight excluding hydrogens is 216 g/mol. The molecule has 0 saturated carbocycles. The number of hydrogen-bond acceptors (Lipinski definition) is 5. The first kappa shape index (κ1) is 12.1. The van der Waals surface area contributed by atoms with Gasteiger partial charge in [0.15, 0.2) is 0 Å². The molecule has 0 bridgehead atoms. The van der Waals surface area contributed by atoms with Crippen LogP contribution in [0.5, 0.6) is 0 Å². The zero-order chi connectivity index (χ0) is 11.9. The van der Waals surface area contributed by atoms with E-state index < -0.39 is 0 Å². The summed E-state index contributed by atoms with van der Waals surface area (Å²) in [5.41, 5.74) is 0. The molecule has 1 aliphatic heterocycles. The third-order valence-electron chi connectivity index (χ3n) is 2.85. The molecule has 2 N–H and O–H groups in total. The first-order valence-electron chi connectivity index (χ1n) is 6.26. The summed E-state index contributed by atoms with van der Waals surface area (Å²) in [7, 11) is 0. The normalized spacial score (nSPS) is 19.9. The number of aromatic nitrogens is 2. The van der Waals surface area contributed by atoms with Crippen LogP contribution in [0.1, 0.15) is 19.8 Å². The van der Waals surface area contributed by atoms with Gasteiger partial charge in [0.2, 0.25) is 0 Å². The summed E-state index contributed by atoms with van der Waals surface area (Å²) in [4.78, 5) is 8.34. The van der Waals surface area contributed by atoms with Crippen molar-refractivity contribution in [2.75, 3.05) is 36.9 Å². The summed E-state index contributed by atoms with van der Waals surface area (Å²) in [5.74, 6) is 2.34. The molecule has 1 unspecified atom stereocenters. The van der Waals surface area contributed by atoms with E-state index in [2.05, 4.69) is 27.5 Å². The number of nitrogens with one attached hydrogen (secondary N) is 2. The topological polar surface area (TPSA) is 59.1 Å². The van der Waals surface area contributed by atoms with Gasteiger partial charge in [-0.25, -0.2) is 9.97 Å². The van der Waals surface area contributed by atoms with Crippen LogP contribution in [0.15, 0.2) is 12.4 Å². The number of ether oxygens (including phenoxy) is 1. The van der Waals surface area contributed by atoms with Crippen molar-refractivity contribution < 1.29 is 4.74 Å². The molecule has 1 atom stereocenters. The Balaban J connectivity index is 1.83. The van der Waals surface area contributed by atoms with Gasteiger partial charge in [0.25, 0.3) is 0 Å². The van der Waals surface area contributed by atoms with Crippen LogP contribution in [-0.4, -0.2) is 36.3 Å². The molecular formula is C12H20N4O. The molecule has 1 aromatic heterocycles. The van der Waals surface area contributed by atoms with Gasteiger partial charge in [0.1, 0.15) is 18.0 Å². The molecule has 94 valence electrons. The second kappa shape index (κ2) is 6.39. The van der Waals surface area contributed by atoms with E-state index in [9.17, 15) is 0 Å². The molecule has 0 aliphatic carbocycles. The first-order valence-corrected chi connectivity index (χ1v) is 6.26. The van der Waals surface area contributed by atoms with E-state index in [0.29, 0.717) is 5.92 Å². The molecule has 5 nitrogen and oxygen atoms in total. The second-order valence-corrected chi connectivity index (χ2v) is 4.28. The molecule has 2 heterocycles. The fraction of sp³-hybridized carbons (Fsp3) is 0.667. The van der Waals surface area contributed by atoms with E-state index in [1.54, 1.807) is 6.33 Å². The standard InChI is InChI=1S/C12H20N4O/c1-2-13-11-6-12(16-9-15-11)14-7-10-4-3-5-17-8-10/h6,9-10H,2-5,7-8H2,1H3,(H2,13,14,15,16). The predicted molar refractivity (Wildman–Crippen MR) is 68.2 cm³/mol. The minimum Gasteiger partial charge on any atom is -0.381 e. The van der Waals surface area contributed by atoms with Gasteiger partial charge < -0.3 is 15.4 Å². The molecule has 1 aromatic rings. The zero-order valence-electron chi connectivity index (χ0n) is 10.3. The zero-order valence-corrected chi connectivity index (χ0v) is 10.3. The highest BCUT2D eigenvalue weighted by atomic mass is 16.5. The average molecular weight is 236 g/mol. The van der Waals surface area contributed by atoms with Gasteiger partial charge in [-0.15, -0.1) is 0 Å². The fourth-order valence-electron chi connectivity index (χ4n) is 1.95. The van der Waals surface area contributed by atoms with Gasteiger partial charge in [-0.3, -0.25) is 0 Å². The third kappa shape index (κ3) is 3.85. The van der Waals surface area contributed by atoms with Crippen molar-refractivity contribution in [1.82, 2.24) is 9.97 Å². The SMILES string of the molecule is CCNc1cc(NCC2CCCOC2)ncn1. The fourth-order valence-corrected chi connectivity index (χ4v) is 1.95. The molecule has 17 heavy (non-hydrogen) atoms. The Morgan fingerprint density at radius 3 is 2.88 bits per heavy atom. The lowest BCUT2D eigenvalue weighted by atomic mass is 10.0. The lowest BCUT2D eigenvalue weighted by molar-refractivity contribution is 0.0595. The Bertz CT molecular complexity index is 339. The molecule has 0 spiro atoms. The van der Waals surface area contributed by atoms with Crippen LogP contribution in [0.25, 0.3) is 0 Å². The molecule has 2 rings (SSSR count). The van der Waals surface area contributed by atoms with Crippen LogP contribution in [0.4, 0.5) is 11.6 Å². The Hall–Kier alpha value is -1.36. The molecule has 0 radical (unpaired) electrons. The summed E-state index contributed by atoms with van der Waals surface area (Å²) in [6.07, 6.45) is 3.98. The van der Waals surface area contributed by atoms with E-state index in [-0.39, 0.29) is 0 Å². The highest BCUT2D eigenvalue weighted by Crippen LogP contribution is 2.15. The molecule has 0 amide bonds. The maximum Gasteiger partial charge on any atom is 0.131 e. The number of nitrogens with zero attached hydrogens (tertiary/aromatic N) is 2. The van der Waals surface area contributed by atoms with Gasteiger partial charge in [0.05, 0.1) is 6.61 Å². The summed E-state index contributed by atoms with van der Waals surface area (Å²) in [5, 5.41) is 6.51. The third-order valence-corrected chi connectivity index (χ3v) is 2.85. The Morgan fingerprint density at radius 2 is 2.18 bits per heavy atom. The van der Waals surface area contributed by atoms with Crippen molar-refractivity contribution >= 4 is 11.6 Å². The van der Waals surface area contributed by atoms with Crippen molar-refractivity contribution in [3.63, 3.8) is 0 Å². The van der Waals surface area contributed by atoms with Crippen LogP contribution in [0.3, 0.4) is 0 Å². The van der Waals surface area contributed by atoms with Gasteiger partial charge in [0, 0.05) is 25.8 Å². The second-order valence-electron chi connectivity index (χ2n) is 4.28. The monoisotopic (exact) mass is 236 g/mol. The predicted octanol–water partition coefficient (Wildman–Crippen LogP) is 1.75. The van der Waals surface area contributed by atoms with Crippen molar-refractivity contribution in [1.29, 1.82) is 0 Å². The van der Waals surface area contributed by atoms with E-state index >= 15 is 0 Å². The van der Waals surface area contributed by atoms with E-state index in [0.717, 1.165) is 37.9 Å². The Morgan fingerprint density at radius 1 is 1.35 bits per heavy atom. The van der Waals surface area contributed by atoms with Crippen LogP contribution in [0, 0.1) is 5.92 Å². The summed E-state index contributed by atoms with van der Waals surface area (Å²) in [6, 6.07) is 1.94. The van der Waals surface area contributed by atoms with Gasteiger partial charge in [-0.05, 0) is 25.7 Å². The highest BCUT2D eigenvalue weighted by Gasteiger charge is 2.13. The van der Waals surface area contributed by atoms with Gasteiger partial charge >= 0.3 is 0 Å². The lowest BCUT2D eigenvalue weighted by Crippen LogP contribution is -2.24. The van der Waals surface area contributed by atoms with Crippen LogP contribution >= 0.6 is 0 Å². The Labute approximate surface area is 102 Å².